The maximum atomic E-state index is 11.6. The van der Waals surface area contributed by atoms with Crippen molar-refractivity contribution >= 4 is 7.82 Å². The van der Waals surface area contributed by atoms with Crippen LogP contribution in [0.15, 0.2) is 43.7 Å². The summed E-state index contributed by atoms with van der Waals surface area (Å²) in [7, 11) is -4.76. The second-order valence-electron chi connectivity index (χ2n) is 8.10. The molecule has 0 spiro atoms. The number of aliphatic hydroxyl groups excluding tert-OH is 5. The lowest BCUT2D eigenvalue weighted by molar-refractivity contribution is -0.0550. The van der Waals surface area contributed by atoms with Crippen LogP contribution in [0.3, 0.4) is 0 Å². The van der Waals surface area contributed by atoms with Gasteiger partial charge in [0.1, 0.15) is 36.6 Å². The Morgan fingerprint density at radius 3 is 1.58 bits per heavy atom. The van der Waals surface area contributed by atoms with E-state index in [1.165, 1.54) is 0 Å². The van der Waals surface area contributed by atoms with Crippen LogP contribution in [-0.4, -0.2) is 104 Å². The van der Waals surface area contributed by atoms with Crippen LogP contribution in [0.4, 0.5) is 0 Å². The first-order chi connectivity index (χ1) is 17.7. The van der Waals surface area contributed by atoms with Gasteiger partial charge in [-0.25, -0.2) is 14.2 Å². The molecular weight excluding hydrogens is 543 g/mol. The molecule has 0 radical (unpaired) electrons. The van der Waals surface area contributed by atoms with E-state index in [1.54, 1.807) is 0 Å². The topological polar surface area (TPSA) is 296 Å². The Morgan fingerprint density at radius 1 is 0.789 bits per heavy atom. The molecule has 0 aliphatic carbocycles. The maximum absolute atomic E-state index is 11.6. The average molecular weight is 568 g/mol. The van der Waals surface area contributed by atoms with Gasteiger partial charge in [-0.05, 0) is 0 Å². The van der Waals surface area contributed by atoms with E-state index in [0.717, 1.165) is 33.7 Å². The number of H-pyrrole nitrogens is 2. The normalized spacial score (nSPS) is 31.1. The fourth-order valence-corrected chi connectivity index (χ4v) is 3.97. The summed E-state index contributed by atoms with van der Waals surface area (Å²) in [5.74, 6) is 0. The molecule has 2 aromatic heterocycles. The molecule has 0 bridgehead atoms. The van der Waals surface area contributed by atoms with Crippen molar-refractivity contribution in [1.82, 2.24) is 19.1 Å². The fraction of sp³-hybridized carbons (Fsp3) is 0.556. The Hall–Kier alpha value is -2.81. The molecule has 8 atom stereocenters. The summed E-state index contributed by atoms with van der Waals surface area (Å²) in [6.07, 6.45) is -8.17. The first kappa shape index (κ1) is 29.7. The molecule has 0 amide bonds. The Morgan fingerprint density at radius 2 is 1.21 bits per heavy atom. The molecule has 2 saturated heterocycles. The van der Waals surface area contributed by atoms with Gasteiger partial charge < -0.3 is 44.8 Å². The van der Waals surface area contributed by atoms with Crippen LogP contribution in [0.2, 0.25) is 0 Å². The summed E-state index contributed by atoms with van der Waals surface area (Å²) in [5, 5.41) is 47.6. The largest absolute Gasteiger partial charge is 0.469 e. The van der Waals surface area contributed by atoms with E-state index < -0.39 is 92.6 Å². The van der Waals surface area contributed by atoms with Gasteiger partial charge in [0.2, 0.25) is 0 Å². The molecule has 38 heavy (non-hydrogen) atoms. The lowest BCUT2D eigenvalue weighted by atomic mass is 10.1. The van der Waals surface area contributed by atoms with E-state index in [0.29, 0.717) is 0 Å². The first-order valence-corrected chi connectivity index (χ1v) is 12.2. The molecular formula is C18H25N4O15P. The molecule has 0 aromatic carbocycles. The molecule has 2 aromatic rings. The Bertz CT molecular complexity index is 1380. The van der Waals surface area contributed by atoms with Crippen LogP contribution < -0.4 is 22.5 Å². The summed E-state index contributed by atoms with van der Waals surface area (Å²) >= 11 is 0. The van der Waals surface area contributed by atoms with E-state index in [-0.39, 0.29) is 0 Å². The number of rotatable bonds is 6. The molecule has 0 unspecified atom stereocenters. The van der Waals surface area contributed by atoms with E-state index in [2.05, 4.69) is 4.52 Å². The van der Waals surface area contributed by atoms with E-state index >= 15 is 0 Å². The van der Waals surface area contributed by atoms with Gasteiger partial charge in [0.05, 0.1) is 13.2 Å². The van der Waals surface area contributed by atoms with E-state index in [4.69, 9.17) is 24.4 Å². The second kappa shape index (κ2) is 11.9. The number of phosphoric acid groups is 1. The molecule has 9 N–H and O–H groups in total. The van der Waals surface area contributed by atoms with Crippen molar-refractivity contribution in [3.8, 4) is 0 Å². The zero-order valence-corrected chi connectivity index (χ0v) is 20.0. The number of hydrogen-bond acceptors (Lipinski definition) is 13. The van der Waals surface area contributed by atoms with Crippen molar-refractivity contribution in [1.29, 1.82) is 0 Å². The van der Waals surface area contributed by atoms with Gasteiger partial charge in [-0.15, -0.1) is 0 Å². The molecule has 2 aliphatic heterocycles. The standard InChI is InChI=1S/C9H13N2O9P.C9H12N2O6/c12-5-1-2-11(9(15)10-5)8-7(14)6(13)4(20-8)3-19-21(16,17)18;12-3-4-6(14)7(15)8(17-4)11-2-1-5(13)10-9(11)16/h1-2,4,6-8,13-14H,3H2,(H,10,12,15)(H2,16,17,18);1-2,4,6-8,12,14-15H,3H2,(H,10,13,16)/t2*4-,6-,7-,8-/m11/s1. The number of nitrogens with one attached hydrogen (secondary N) is 2. The van der Waals surface area contributed by atoms with Crippen LogP contribution in [0.25, 0.3) is 0 Å². The van der Waals surface area contributed by atoms with Crippen molar-refractivity contribution < 1.29 is 53.9 Å². The second-order valence-corrected chi connectivity index (χ2v) is 9.34. The van der Waals surface area contributed by atoms with Crippen LogP contribution in [0.5, 0.6) is 0 Å². The Kier molecular flexibility index (Phi) is 9.34. The predicted octanol–water partition coefficient (Wildman–Crippen LogP) is -5.59. The Balaban J connectivity index is 0.000000215. The fourth-order valence-electron chi connectivity index (χ4n) is 3.63. The van der Waals surface area contributed by atoms with Gasteiger partial charge in [-0.1, -0.05) is 0 Å². The highest BCUT2D eigenvalue weighted by atomic mass is 31.2. The molecule has 212 valence electrons. The minimum Gasteiger partial charge on any atom is -0.394 e. The van der Waals surface area contributed by atoms with Gasteiger partial charge in [-0.2, -0.15) is 0 Å². The summed E-state index contributed by atoms with van der Waals surface area (Å²) in [6.45, 7) is -1.16. The van der Waals surface area contributed by atoms with Crippen molar-refractivity contribution in [3.63, 3.8) is 0 Å². The molecule has 4 heterocycles. The third kappa shape index (κ3) is 6.79. The number of nitrogens with zero attached hydrogens (tertiary/aromatic N) is 2. The first-order valence-electron chi connectivity index (χ1n) is 10.7. The van der Waals surface area contributed by atoms with Gasteiger partial charge in [0, 0.05) is 24.5 Å². The van der Waals surface area contributed by atoms with Gasteiger partial charge >= 0.3 is 19.2 Å². The molecule has 19 nitrogen and oxygen atoms in total. The molecule has 20 heteroatoms. The predicted molar refractivity (Wildman–Crippen MR) is 120 cm³/mol. The van der Waals surface area contributed by atoms with E-state index in [9.17, 15) is 44.2 Å². The minimum atomic E-state index is -4.76. The summed E-state index contributed by atoms with van der Waals surface area (Å²) in [4.78, 5) is 66.0. The molecule has 2 fully saturated rings. The third-order valence-electron chi connectivity index (χ3n) is 5.51. The van der Waals surface area contributed by atoms with Gasteiger partial charge in [0.25, 0.3) is 11.1 Å². The molecule has 2 aliphatic rings. The number of phosphoric ester groups is 1. The molecule has 0 saturated carbocycles. The summed E-state index contributed by atoms with van der Waals surface area (Å²) in [6, 6.07) is 2.11. The SMILES string of the molecule is O=c1ccn([C@@H]2O[C@H](CO)[C@@H](O)[C@H]2O)c(=O)[nH]1.O=c1ccn([C@@H]2O[C@H](COP(=O)(O)O)[C@@H](O)[C@H]2O)c(=O)[nH]1. The van der Waals surface area contributed by atoms with Crippen LogP contribution in [0.1, 0.15) is 12.5 Å². The lowest BCUT2D eigenvalue weighted by Gasteiger charge is -2.16. The number of hydrogen-bond donors (Lipinski definition) is 9. The zero-order valence-electron chi connectivity index (χ0n) is 19.1. The maximum Gasteiger partial charge on any atom is 0.469 e. The van der Waals surface area contributed by atoms with Gasteiger partial charge in [-0.3, -0.25) is 33.2 Å². The minimum absolute atomic E-state index is 0.479. The quantitative estimate of drug-likeness (QED) is 0.147. The zero-order chi connectivity index (χ0) is 28.4. The van der Waals surface area contributed by atoms with Crippen LogP contribution in [0, 0.1) is 0 Å². The number of aromatic nitrogens is 4. The highest BCUT2D eigenvalue weighted by molar-refractivity contribution is 7.46. The smallest absolute Gasteiger partial charge is 0.394 e. The van der Waals surface area contributed by atoms with E-state index in [1.807, 2.05) is 9.97 Å². The van der Waals surface area contributed by atoms with Crippen molar-refractivity contribution in [2.24, 2.45) is 0 Å². The van der Waals surface area contributed by atoms with Crippen molar-refractivity contribution in [3.05, 3.63) is 66.2 Å². The van der Waals surface area contributed by atoms with Crippen LogP contribution >= 0.6 is 7.82 Å². The highest BCUT2D eigenvalue weighted by Gasteiger charge is 2.45. The highest BCUT2D eigenvalue weighted by Crippen LogP contribution is 2.38. The van der Waals surface area contributed by atoms with Crippen molar-refractivity contribution in [2.75, 3.05) is 13.2 Å². The monoisotopic (exact) mass is 568 g/mol. The molecule has 4 rings (SSSR count). The van der Waals surface area contributed by atoms with Gasteiger partial charge in [0.15, 0.2) is 12.5 Å². The van der Waals surface area contributed by atoms with Crippen LogP contribution in [-0.2, 0) is 18.6 Å². The number of aliphatic hydroxyl groups is 5. The lowest BCUT2D eigenvalue weighted by Crippen LogP contribution is -2.37. The Labute approximate surface area is 210 Å². The average Bonchev–Trinajstić information content (AvgIpc) is 3.28. The number of aromatic amines is 2. The summed E-state index contributed by atoms with van der Waals surface area (Å²) in [5.41, 5.74) is -2.84. The number of ether oxygens (including phenoxy) is 2. The van der Waals surface area contributed by atoms with Crippen molar-refractivity contribution in [2.45, 2.75) is 49.1 Å². The third-order valence-corrected chi connectivity index (χ3v) is 6.00. The summed E-state index contributed by atoms with van der Waals surface area (Å²) < 4.78 is 26.9.